The van der Waals surface area contributed by atoms with Crippen molar-refractivity contribution in [2.45, 2.75) is 44.4 Å². The second-order valence-electron chi connectivity index (χ2n) is 6.24. The maximum absolute atomic E-state index is 12.9. The molecule has 0 N–H and O–H groups in total. The molecule has 116 valence electrons. The Bertz CT molecular complexity index is 689. The van der Waals surface area contributed by atoms with E-state index in [2.05, 4.69) is 16.2 Å². The smallest absolute Gasteiger partial charge is 0.264 e. The number of hydrogen-bond acceptors (Lipinski definition) is 5. The van der Waals surface area contributed by atoms with E-state index >= 15 is 0 Å². The number of rotatable bonds is 3. The average molecular weight is 317 g/mol. The summed E-state index contributed by atoms with van der Waals surface area (Å²) in [6.45, 7) is 3.32. The van der Waals surface area contributed by atoms with Gasteiger partial charge in [-0.05, 0) is 48.6 Å². The molecule has 2 aromatic heterocycles. The zero-order valence-corrected chi connectivity index (χ0v) is 13.4. The first kappa shape index (κ1) is 13.9. The second-order valence-corrected chi connectivity index (χ2v) is 7.16. The van der Waals surface area contributed by atoms with Crippen molar-refractivity contribution in [1.82, 2.24) is 15.0 Å². The van der Waals surface area contributed by atoms with Crippen molar-refractivity contribution in [2.24, 2.45) is 0 Å². The fourth-order valence-electron chi connectivity index (χ4n) is 3.21. The van der Waals surface area contributed by atoms with Gasteiger partial charge in [-0.15, -0.1) is 11.3 Å². The minimum Gasteiger partial charge on any atom is -0.340 e. The van der Waals surface area contributed by atoms with Crippen molar-refractivity contribution in [3.8, 4) is 0 Å². The quantitative estimate of drug-likeness (QED) is 0.871. The molecule has 0 bridgehead atoms. The highest BCUT2D eigenvalue weighted by Crippen LogP contribution is 2.43. The molecule has 0 aromatic carbocycles. The lowest BCUT2D eigenvalue weighted by atomic mass is 9.97. The van der Waals surface area contributed by atoms with Crippen LogP contribution in [0.3, 0.4) is 0 Å². The summed E-state index contributed by atoms with van der Waals surface area (Å²) < 4.78 is 5.08. The third-order valence-corrected chi connectivity index (χ3v) is 5.44. The van der Waals surface area contributed by atoms with Gasteiger partial charge < -0.3 is 9.42 Å². The lowest BCUT2D eigenvalue weighted by Crippen LogP contribution is -2.39. The molecule has 3 heterocycles. The van der Waals surface area contributed by atoms with Crippen LogP contribution in [-0.4, -0.2) is 34.0 Å². The van der Waals surface area contributed by atoms with E-state index in [0.29, 0.717) is 18.4 Å². The molecule has 1 unspecified atom stereocenters. The van der Waals surface area contributed by atoms with Crippen LogP contribution in [0.25, 0.3) is 0 Å². The largest absolute Gasteiger partial charge is 0.340 e. The molecular formula is C16H19N3O2S. The molecule has 1 saturated heterocycles. The summed E-state index contributed by atoms with van der Waals surface area (Å²) in [4.78, 5) is 20.1. The lowest BCUT2D eigenvalue weighted by Gasteiger charge is -2.31. The van der Waals surface area contributed by atoms with Crippen LogP contribution in [0.1, 0.15) is 64.5 Å². The number of carbonyl (C=O) groups is 1. The van der Waals surface area contributed by atoms with Crippen LogP contribution >= 0.6 is 11.3 Å². The number of nitrogens with zero attached hydrogens (tertiary/aromatic N) is 3. The Labute approximate surface area is 133 Å². The lowest BCUT2D eigenvalue weighted by molar-refractivity contribution is 0.0707. The Morgan fingerprint density at radius 3 is 2.95 bits per heavy atom. The molecule has 2 aliphatic rings. The predicted octanol–water partition coefficient (Wildman–Crippen LogP) is 3.34. The SMILES string of the molecule is Cc1nc(C2CCCN(C(=O)c3sccc3C3CC3)C2)no1. The van der Waals surface area contributed by atoms with Crippen molar-refractivity contribution in [3.05, 3.63) is 33.6 Å². The van der Waals surface area contributed by atoms with E-state index in [9.17, 15) is 4.79 Å². The normalized spacial score (nSPS) is 22.0. The third-order valence-electron chi connectivity index (χ3n) is 4.52. The standard InChI is InChI=1S/C16H19N3O2S/c1-10-17-15(18-21-10)12-3-2-7-19(9-12)16(20)14-13(6-8-22-14)11-4-5-11/h6,8,11-12H,2-5,7,9H2,1H3. The molecule has 0 spiro atoms. The first-order chi connectivity index (χ1) is 10.7. The fourth-order valence-corrected chi connectivity index (χ4v) is 4.16. The number of hydrogen-bond donors (Lipinski definition) is 0. The van der Waals surface area contributed by atoms with Gasteiger partial charge in [-0.25, -0.2) is 0 Å². The summed E-state index contributed by atoms with van der Waals surface area (Å²) in [6, 6.07) is 2.12. The molecule has 4 rings (SSSR count). The first-order valence-corrected chi connectivity index (χ1v) is 8.77. The van der Waals surface area contributed by atoms with Gasteiger partial charge in [0, 0.05) is 25.9 Å². The van der Waals surface area contributed by atoms with Crippen LogP contribution in [0.4, 0.5) is 0 Å². The molecule has 0 radical (unpaired) electrons. The Morgan fingerprint density at radius 1 is 1.36 bits per heavy atom. The summed E-state index contributed by atoms with van der Waals surface area (Å²) in [5, 5.41) is 6.08. The van der Waals surface area contributed by atoms with Crippen molar-refractivity contribution in [3.63, 3.8) is 0 Å². The first-order valence-electron chi connectivity index (χ1n) is 7.89. The Hall–Kier alpha value is -1.69. The van der Waals surface area contributed by atoms with Gasteiger partial charge in [0.05, 0.1) is 4.88 Å². The molecule has 2 fully saturated rings. The van der Waals surface area contributed by atoms with Crippen LogP contribution < -0.4 is 0 Å². The molecular weight excluding hydrogens is 298 g/mol. The molecule has 6 heteroatoms. The highest BCUT2D eigenvalue weighted by Gasteiger charge is 2.33. The highest BCUT2D eigenvalue weighted by molar-refractivity contribution is 7.12. The fraction of sp³-hybridized carbons (Fsp3) is 0.562. The molecule has 1 aliphatic heterocycles. The predicted molar refractivity (Wildman–Crippen MR) is 83.2 cm³/mol. The van der Waals surface area contributed by atoms with E-state index in [-0.39, 0.29) is 11.8 Å². The molecule has 1 aliphatic carbocycles. The van der Waals surface area contributed by atoms with Crippen molar-refractivity contribution >= 4 is 17.2 Å². The molecule has 5 nitrogen and oxygen atoms in total. The Morgan fingerprint density at radius 2 is 2.23 bits per heavy atom. The van der Waals surface area contributed by atoms with Crippen molar-refractivity contribution in [2.75, 3.05) is 13.1 Å². The van der Waals surface area contributed by atoms with E-state index in [1.54, 1.807) is 18.3 Å². The Balaban J connectivity index is 1.52. The third kappa shape index (κ3) is 2.56. The minimum absolute atomic E-state index is 0.182. The summed E-state index contributed by atoms with van der Waals surface area (Å²) in [6.07, 6.45) is 4.46. The van der Waals surface area contributed by atoms with Gasteiger partial charge in [0.25, 0.3) is 5.91 Å². The molecule has 22 heavy (non-hydrogen) atoms. The summed E-state index contributed by atoms with van der Waals surface area (Å²) >= 11 is 1.58. The summed E-state index contributed by atoms with van der Waals surface area (Å²) in [7, 11) is 0. The number of piperidine rings is 1. The Kier molecular flexibility index (Phi) is 3.48. The average Bonchev–Trinajstić information content (AvgIpc) is 3.10. The van der Waals surface area contributed by atoms with E-state index in [1.807, 2.05) is 10.3 Å². The van der Waals surface area contributed by atoms with Crippen LogP contribution in [-0.2, 0) is 0 Å². The van der Waals surface area contributed by atoms with Gasteiger partial charge in [0.2, 0.25) is 5.89 Å². The van der Waals surface area contributed by atoms with Crippen LogP contribution in [0.2, 0.25) is 0 Å². The maximum Gasteiger partial charge on any atom is 0.264 e. The van der Waals surface area contributed by atoms with Crippen LogP contribution in [0.5, 0.6) is 0 Å². The van der Waals surface area contributed by atoms with E-state index in [4.69, 9.17) is 4.52 Å². The van der Waals surface area contributed by atoms with Gasteiger partial charge in [-0.1, -0.05) is 5.16 Å². The number of thiophene rings is 1. The number of likely N-dealkylation sites (tertiary alicyclic amines) is 1. The molecule has 1 amide bonds. The van der Waals surface area contributed by atoms with Gasteiger partial charge >= 0.3 is 0 Å². The van der Waals surface area contributed by atoms with Gasteiger partial charge in [0.1, 0.15) is 0 Å². The van der Waals surface area contributed by atoms with Gasteiger partial charge in [-0.2, -0.15) is 4.98 Å². The van der Waals surface area contributed by atoms with Crippen molar-refractivity contribution < 1.29 is 9.32 Å². The van der Waals surface area contributed by atoms with Crippen molar-refractivity contribution in [1.29, 1.82) is 0 Å². The number of carbonyl (C=O) groups excluding carboxylic acids is 1. The summed E-state index contributed by atoms with van der Waals surface area (Å²) in [5.74, 6) is 2.32. The number of aryl methyl sites for hydroxylation is 1. The van der Waals surface area contributed by atoms with Crippen LogP contribution in [0, 0.1) is 6.92 Å². The zero-order chi connectivity index (χ0) is 15.1. The van der Waals surface area contributed by atoms with Gasteiger partial charge in [0.15, 0.2) is 5.82 Å². The van der Waals surface area contributed by atoms with E-state index in [0.717, 1.165) is 30.1 Å². The minimum atomic E-state index is 0.182. The van der Waals surface area contributed by atoms with Gasteiger partial charge in [-0.3, -0.25) is 4.79 Å². The van der Waals surface area contributed by atoms with E-state index in [1.165, 1.54) is 18.4 Å². The second kappa shape index (κ2) is 5.50. The molecule has 2 aromatic rings. The topological polar surface area (TPSA) is 59.2 Å². The number of amides is 1. The summed E-state index contributed by atoms with van der Waals surface area (Å²) in [5.41, 5.74) is 1.26. The monoisotopic (exact) mass is 317 g/mol. The molecule has 1 atom stereocenters. The van der Waals surface area contributed by atoms with E-state index < -0.39 is 0 Å². The maximum atomic E-state index is 12.9. The highest BCUT2D eigenvalue weighted by atomic mass is 32.1. The molecule has 1 saturated carbocycles. The van der Waals surface area contributed by atoms with Crippen LogP contribution in [0.15, 0.2) is 16.0 Å². The number of aromatic nitrogens is 2. The zero-order valence-electron chi connectivity index (χ0n) is 12.6.